The van der Waals surface area contributed by atoms with Crippen molar-refractivity contribution in [3.63, 3.8) is 0 Å². The van der Waals surface area contributed by atoms with Crippen LogP contribution in [0, 0.1) is 13.8 Å². The molecule has 0 saturated carbocycles. The molecule has 3 rings (SSSR count). The van der Waals surface area contributed by atoms with Gasteiger partial charge in [0.25, 0.3) is 0 Å². The summed E-state index contributed by atoms with van der Waals surface area (Å²) in [6.45, 7) is 7.38. The van der Waals surface area contributed by atoms with Crippen molar-refractivity contribution in [2.75, 3.05) is 11.5 Å². The summed E-state index contributed by atoms with van der Waals surface area (Å²) in [5.41, 5.74) is -0.949. The molecule has 2 aromatic rings. The second kappa shape index (κ2) is 19.8. The van der Waals surface area contributed by atoms with Crippen LogP contribution in [0.5, 0.6) is 11.5 Å². The number of aromatic hydroxyl groups is 2. The molecule has 0 aliphatic heterocycles. The maximum atomic E-state index is 13.9. The Morgan fingerprint density at radius 3 is 1.00 bits per heavy atom. The van der Waals surface area contributed by atoms with E-state index < -0.39 is 63.7 Å². The van der Waals surface area contributed by atoms with Gasteiger partial charge in [0.05, 0.1) is 32.4 Å². The molecule has 1 aliphatic rings. The monoisotopic (exact) mass is 732 g/mol. The van der Waals surface area contributed by atoms with Crippen LogP contribution < -0.4 is 0 Å². The number of sulfone groups is 2. The molecule has 0 spiro atoms. The molecule has 0 bridgehead atoms. The molecule has 0 fully saturated rings. The molecular weight excluding hydrogens is 673 g/mol. The lowest BCUT2D eigenvalue weighted by Crippen LogP contribution is -2.25. The second-order valence-corrected chi connectivity index (χ2v) is 18.4. The number of ketones is 2. The van der Waals surface area contributed by atoms with Gasteiger partial charge in [-0.15, -0.1) is 0 Å². The highest BCUT2D eigenvalue weighted by atomic mass is 32.2. The molecule has 2 aromatic carbocycles. The van der Waals surface area contributed by atoms with E-state index >= 15 is 0 Å². The molecule has 0 atom stereocenters. The first kappa shape index (κ1) is 41.7. The van der Waals surface area contributed by atoms with Crippen molar-refractivity contribution in [1.82, 2.24) is 0 Å². The van der Waals surface area contributed by atoms with Crippen LogP contribution in [-0.4, -0.2) is 50.1 Å². The summed E-state index contributed by atoms with van der Waals surface area (Å²) >= 11 is 0. The van der Waals surface area contributed by atoms with Crippen molar-refractivity contribution in [2.45, 2.75) is 166 Å². The Morgan fingerprint density at radius 1 is 0.460 bits per heavy atom. The molecule has 0 saturated heterocycles. The topological polar surface area (TPSA) is 143 Å². The van der Waals surface area contributed by atoms with Crippen LogP contribution in [0.3, 0.4) is 0 Å². The summed E-state index contributed by atoms with van der Waals surface area (Å²) in [6, 6.07) is 2.03. The van der Waals surface area contributed by atoms with Crippen LogP contribution in [0.2, 0.25) is 0 Å². The molecule has 0 unspecified atom stereocenters. The van der Waals surface area contributed by atoms with Crippen molar-refractivity contribution >= 4 is 31.2 Å². The number of benzene rings is 2. The third kappa shape index (κ3) is 10.7. The molecule has 50 heavy (non-hydrogen) atoms. The molecule has 10 heteroatoms. The number of carbonyl (C=O) groups excluding carboxylic acids is 2. The largest absolute Gasteiger partial charge is 0.507 e. The average Bonchev–Trinajstić information content (AvgIpc) is 3.08. The average molecular weight is 733 g/mol. The van der Waals surface area contributed by atoms with Crippen LogP contribution in [0.1, 0.15) is 185 Å². The first-order valence-electron chi connectivity index (χ1n) is 19.1. The predicted molar refractivity (Wildman–Crippen MR) is 200 cm³/mol. The number of hydrogen-bond donors (Lipinski definition) is 2. The number of carbonyl (C=O) groups is 2. The van der Waals surface area contributed by atoms with E-state index in [1.807, 2.05) is 0 Å². The minimum absolute atomic E-state index is 0.218. The van der Waals surface area contributed by atoms with Crippen LogP contribution in [0.25, 0.3) is 0 Å². The van der Waals surface area contributed by atoms with E-state index in [2.05, 4.69) is 13.8 Å². The minimum atomic E-state index is -4.17. The molecule has 0 aromatic heterocycles. The van der Waals surface area contributed by atoms with Gasteiger partial charge in [0.15, 0.2) is 31.2 Å². The Labute approximate surface area is 301 Å². The van der Waals surface area contributed by atoms with Gasteiger partial charge in [-0.05, 0) is 49.9 Å². The van der Waals surface area contributed by atoms with E-state index in [0.717, 1.165) is 63.5 Å². The van der Waals surface area contributed by atoms with Gasteiger partial charge in [-0.1, -0.05) is 129 Å². The highest BCUT2D eigenvalue weighted by Gasteiger charge is 2.39. The highest BCUT2D eigenvalue weighted by molar-refractivity contribution is 7.94. The zero-order valence-electron chi connectivity index (χ0n) is 30.9. The van der Waals surface area contributed by atoms with Gasteiger partial charge >= 0.3 is 0 Å². The second-order valence-electron chi connectivity index (χ2n) is 14.2. The number of hydrogen-bond acceptors (Lipinski definition) is 8. The standard InChI is InChI=1S/C40H60O8S2/c1-5-7-9-11-13-15-17-19-21-23-25-49(45,46)33-27-31-32(40(44)36-35(39(31)43)37(41)29(3)30(4)38(36)42)28-34(33)50(47,48)26-24-22-20-18-16-14-12-10-8-6-2/h27-28,41-42H,5-26H2,1-4H3. The quantitative estimate of drug-likeness (QED) is 0.0685. The number of fused-ring (bicyclic) bond motifs is 2. The molecule has 0 heterocycles. The van der Waals surface area contributed by atoms with Crippen LogP contribution in [0.15, 0.2) is 21.9 Å². The summed E-state index contributed by atoms with van der Waals surface area (Å²) in [4.78, 5) is 26.6. The van der Waals surface area contributed by atoms with Gasteiger partial charge in [0.1, 0.15) is 11.5 Å². The molecule has 280 valence electrons. The molecular formula is C40H60O8S2. The number of rotatable bonds is 24. The fourth-order valence-corrected chi connectivity index (χ4v) is 10.6. The maximum Gasteiger partial charge on any atom is 0.198 e. The summed E-state index contributed by atoms with van der Waals surface area (Å²) < 4.78 is 55.5. The molecule has 2 N–H and O–H groups in total. The number of phenols is 2. The summed E-state index contributed by atoms with van der Waals surface area (Å²) in [6.07, 6.45) is 20.1. The van der Waals surface area contributed by atoms with Crippen molar-refractivity contribution < 1.29 is 36.6 Å². The van der Waals surface area contributed by atoms with Gasteiger partial charge in [-0.3, -0.25) is 9.59 Å². The zero-order chi connectivity index (χ0) is 36.9. The SMILES string of the molecule is CCCCCCCCCCCCS(=O)(=O)c1cc2c(cc1S(=O)(=O)CCCCCCCCCCCC)C(=O)c1c(O)c(C)c(C)c(O)c1C2=O. The van der Waals surface area contributed by atoms with Crippen LogP contribution in [0.4, 0.5) is 0 Å². The van der Waals surface area contributed by atoms with E-state index in [1.165, 1.54) is 65.2 Å². The fraction of sp³-hybridized carbons (Fsp3) is 0.650. The van der Waals surface area contributed by atoms with Gasteiger partial charge < -0.3 is 10.2 Å². The first-order chi connectivity index (χ1) is 23.8. The van der Waals surface area contributed by atoms with Crippen LogP contribution >= 0.6 is 0 Å². The van der Waals surface area contributed by atoms with Crippen molar-refractivity contribution in [3.05, 3.63) is 45.5 Å². The summed E-state index contributed by atoms with van der Waals surface area (Å²) in [5, 5.41) is 21.7. The lowest BCUT2D eigenvalue weighted by molar-refractivity contribution is 0.0973. The summed E-state index contributed by atoms with van der Waals surface area (Å²) in [5.74, 6) is -3.17. The molecule has 1 aliphatic carbocycles. The highest BCUT2D eigenvalue weighted by Crippen LogP contribution is 2.43. The van der Waals surface area contributed by atoms with Crippen LogP contribution in [-0.2, 0) is 19.7 Å². The van der Waals surface area contributed by atoms with E-state index in [-0.39, 0.29) is 33.8 Å². The predicted octanol–water partition coefficient (Wildman–Crippen LogP) is 9.88. The lowest BCUT2D eigenvalue weighted by atomic mass is 9.81. The Morgan fingerprint density at radius 2 is 0.720 bits per heavy atom. The zero-order valence-corrected chi connectivity index (χ0v) is 32.5. The maximum absolute atomic E-state index is 13.9. The number of unbranched alkanes of at least 4 members (excludes halogenated alkanes) is 18. The van der Waals surface area contributed by atoms with Gasteiger partial charge in [0, 0.05) is 11.1 Å². The smallest absolute Gasteiger partial charge is 0.198 e. The van der Waals surface area contributed by atoms with Crippen molar-refractivity contribution in [1.29, 1.82) is 0 Å². The Bertz CT molecular complexity index is 1570. The fourth-order valence-electron chi connectivity index (χ4n) is 6.88. The number of phenolic OH excluding ortho intramolecular Hbond substituents is 2. The molecule has 0 radical (unpaired) electrons. The van der Waals surface area contributed by atoms with Gasteiger partial charge in [-0.2, -0.15) is 0 Å². The van der Waals surface area contributed by atoms with E-state index in [4.69, 9.17) is 0 Å². The van der Waals surface area contributed by atoms with Crippen molar-refractivity contribution in [2.24, 2.45) is 0 Å². The first-order valence-corrected chi connectivity index (χ1v) is 22.4. The van der Waals surface area contributed by atoms with Crippen molar-refractivity contribution in [3.8, 4) is 11.5 Å². The molecule has 0 amide bonds. The summed E-state index contributed by atoms with van der Waals surface area (Å²) in [7, 11) is -8.35. The van der Waals surface area contributed by atoms with E-state index in [1.54, 1.807) is 0 Å². The minimum Gasteiger partial charge on any atom is -0.507 e. The van der Waals surface area contributed by atoms with E-state index in [0.29, 0.717) is 25.7 Å². The molecule has 8 nitrogen and oxygen atoms in total. The lowest BCUT2D eigenvalue weighted by Gasteiger charge is -2.23. The van der Waals surface area contributed by atoms with Gasteiger partial charge in [0.2, 0.25) is 0 Å². The third-order valence-electron chi connectivity index (χ3n) is 10.2. The normalized spacial score (nSPS) is 13.1. The van der Waals surface area contributed by atoms with Gasteiger partial charge in [-0.25, -0.2) is 16.8 Å². The third-order valence-corrected chi connectivity index (χ3v) is 14.0. The Hall–Kier alpha value is -2.72. The Balaban J connectivity index is 1.84. The van der Waals surface area contributed by atoms with E-state index in [9.17, 15) is 36.6 Å². The Kier molecular flexibility index (Phi) is 16.5.